The summed E-state index contributed by atoms with van der Waals surface area (Å²) in [6, 6.07) is 6.77. The van der Waals surface area contributed by atoms with Gasteiger partial charge in [-0.05, 0) is 38.0 Å². The van der Waals surface area contributed by atoms with Crippen molar-refractivity contribution in [2.45, 2.75) is 50.0 Å². The van der Waals surface area contributed by atoms with Gasteiger partial charge >= 0.3 is 0 Å². The monoisotopic (exact) mass is 428 g/mol. The van der Waals surface area contributed by atoms with Gasteiger partial charge in [0.05, 0.1) is 31.1 Å². The largest absolute Gasteiger partial charge is 0.335 e. The summed E-state index contributed by atoms with van der Waals surface area (Å²) >= 11 is 5.95. The fraction of sp³-hybridized carbons (Fsp3) is 0.650. The lowest BCUT2D eigenvalue weighted by Crippen LogP contribution is -3.15. The Morgan fingerprint density at radius 3 is 2.50 bits per heavy atom. The smallest absolute Gasteiger partial charge is 0.277 e. The quantitative estimate of drug-likeness (QED) is 0.745. The number of hydrogen-bond acceptors (Lipinski definition) is 3. The van der Waals surface area contributed by atoms with Crippen LogP contribution >= 0.6 is 11.6 Å². The summed E-state index contributed by atoms with van der Waals surface area (Å²) in [4.78, 5) is 16.3. The number of quaternary nitrogens is 1. The minimum Gasteiger partial charge on any atom is -0.335 e. The topological polar surface area (TPSA) is 62.1 Å². The molecule has 2 fully saturated rings. The van der Waals surface area contributed by atoms with Crippen LogP contribution in [0.4, 0.5) is 0 Å². The number of carbonyl (C=O) groups is 1. The number of rotatable bonds is 6. The van der Waals surface area contributed by atoms with Crippen LogP contribution in [0.25, 0.3) is 0 Å². The van der Waals surface area contributed by atoms with Crippen LogP contribution in [-0.4, -0.2) is 68.8 Å². The molecule has 1 saturated carbocycles. The van der Waals surface area contributed by atoms with Crippen molar-refractivity contribution in [3.05, 3.63) is 29.3 Å². The number of amides is 1. The third-order valence-electron chi connectivity index (χ3n) is 5.94. The first-order valence-corrected chi connectivity index (χ1v) is 12.1. The van der Waals surface area contributed by atoms with E-state index in [9.17, 15) is 13.2 Å². The molecule has 0 bridgehead atoms. The Morgan fingerprint density at radius 2 is 1.89 bits per heavy atom. The summed E-state index contributed by atoms with van der Waals surface area (Å²) in [5.41, 5.74) is 0. The van der Waals surface area contributed by atoms with Crippen LogP contribution in [0.15, 0.2) is 29.2 Å². The fourth-order valence-electron chi connectivity index (χ4n) is 4.34. The molecule has 1 aromatic rings. The van der Waals surface area contributed by atoms with Crippen LogP contribution in [0.3, 0.4) is 0 Å². The third kappa shape index (κ3) is 5.06. The molecule has 1 aliphatic carbocycles. The summed E-state index contributed by atoms with van der Waals surface area (Å²) in [6.07, 6.45) is 5.92. The van der Waals surface area contributed by atoms with Gasteiger partial charge in [0.25, 0.3) is 5.91 Å². The molecule has 1 amide bonds. The number of benzene rings is 1. The van der Waals surface area contributed by atoms with Crippen molar-refractivity contribution in [3.8, 4) is 0 Å². The van der Waals surface area contributed by atoms with Gasteiger partial charge in [-0.15, -0.1) is 0 Å². The van der Waals surface area contributed by atoms with Crippen molar-refractivity contribution < 1.29 is 18.1 Å². The van der Waals surface area contributed by atoms with Crippen molar-refractivity contribution in [2.24, 2.45) is 0 Å². The zero-order valence-corrected chi connectivity index (χ0v) is 18.1. The molecule has 2 aliphatic rings. The number of carbonyl (C=O) groups excluding carboxylic acids is 1. The third-order valence-corrected chi connectivity index (χ3v) is 8.07. The number of nitrogens with zero attached hydrogens (tertiary/aromatic N) is 2. The van der Waals surface area contributed by atoms with E-state index < -0.39 is 10.0 Å². The average molecular weight is 429 g/mol. The first kappa shape index (κ1) is 21.6. The number of sulfonamides is 1. The van der Waals surface area contributed by atoms with Crippen LogP contribution in [0, 0.1) is 0 Å². The molecule has 1 N–H and O–H groups in total. The normalized spacial score (nSPS) is 20.2. The number of piperazine rings is 1. The molecular formula is C20H31ClN3O3S+. The van der Waals surface area contributed by atoms with E-state index in [0.717, 1.165) is 24.3 Å². The molecule has 0 unspecified atom stereocenters. The lowest BCUT2D eigenvalue weighted by molar-refractivity contribution is -0.896. The molecule has 1 heterocycles. The molecule has 3 rings (SSSR count). The Labute approximate surface area is 173 Å². The maximum Gasteiger partial charge on any atom is 0.277 e. The van der Waals surface area contributed by atoms with Crippen LogP contribution in [-0.2, 0) is 14.8 Å². The van der Waals surface area contributed by atoms with E-state index in [1.807, 2.05) is 4.90 Å². The first-order chi connectivity index (χ1) is 13.4. The Bertz CT molecular complexity index is 773. The number of hydrogen-bond donors (Lipinski definition) is 1. The van der Waals surface area contributed by atoms with Gasteiger partial charge in [-0.1, -0.05) is 36.9 Å². The minimum atomic E-state index is -3.53. The van der Waals surface area contributed by atoms with Gasteiger partial charge in [-0.25, -0.2) is 8.42 Å². The molecule has 0 atom stereocenters. The van der Waals surface area contributed by atoms with Crippen molar-refractivity contribution in [1.29, 1.82) is 0 Å². The van der Waals surface area contributed by atoms with Crippen LogP contribution in [0.1, 0.15) is 39.0 Å². The zero-order valence-electron chi connectivity index (χ0n) is 16.6. The SMILES string of the molecule is CCN(C(=O)C[NH+]1CCN(S(=O)(=O)c2cccc(Cl)c2)CC1)C1CCCCC1. The lowest BCUT2D eigenvalue weighted by atomic mass is 9.94. The van der Waals surface area contributed by atoms with E-state index in [1.165, 1.54) is 29.6 Å². The summed E-state index contributed by atoms with van der Waals surface area (Å²) in [5, 5.41) is 0.415. The lowest BCUT2D eigenvalue weighted by Gasteiger charge is -2.36. The number of halogens is 1. The Morgan fingerprint density at radius 1 is 1.21 bits per heavy atom. The van der Waals surface area contributed by atoms with E-state index >= 15 is 0 Å². The first-order valence-electron chi connectivity index (χ1n) is 10.3. The molecule has 1 saturated heterocycles. The predicted octanol–water partition coefficient (Wildman–Crippen LogP) is 1.41. The second-order valence-corrected chi connectivity index (χ2v) is 10.1. The predicted molar refractivity (Wildman–Crippen MR) is 110 cm³/mol. The van der Waals surface area contributed by atoms with Gasteiger partial charge in [-0.3, -0.25) is 4.79 Å². The van der Waals surface area contributed by atoms with Gasteiger partial charge < -0.3 is 9.80 Å². The molecule has 1 aliphatic heterocycles. The van der Waals surface area contributed by atoms with E-state index in [-0.39, 0.29) is 10.8 Å². The van der Waals surface area contributed by atoms with E-state index in [4.69, 9.17) is 11.6 Å². The van der Waals surface area contributed by atoms with Gasteiger partial charge in [0, 0.05) is 17.6 Å². The molecule has 156 valence electrons. The summed E-state index contributed by atoms with van der Waals surface area (Å²) in [5.74, 6) is 0.204. The molecule has 0 spiro atoms. The summed E-state index contributed by atoms with van der Waals surface area (Å²) in [7, 11) is -3.53. The van der Waals surface area contributed by atoms with Crippen molar-refractivity contribution in [1.82, 2.24) is 9.21 Å². The second kappa shape index (κ2) is 9.57. The Hall–Kier alpha value is -1.15. The van der Waals surface area contributed by atoms with Gasteiger partial charge in [0.15, 0.2) is 6.54 Å². The fourth-order valence-corrected chi connectivity index (χ4v) is 6.09. The van der Waals surface area contributed by atoms with E-state index in [2.05, 4.69) is 6.92 Å². The average Bonchev–Trinajstić information content (AvgIpc) is 2.70. The highest BCUT2D eigenvalue weighted by Gasteiger charge is 2.33. The number of likely N-dealkylation sites (N-methyl/N-ethyl adjacent to an activating group) is 1. The van der Waals surface area contributed by atoms with Crippen molar-refractivity contribution in [3.63, 3.8) is 0 Å². The standard InChI is InChI=1S/C20H30ClN3O3S/c1-2-24(18-8-4-3-5-9-18)20(25)16-22-11-13-23(14-12-22)28(26,27)19-10-6-7-17(21)15-19/h6-7,10,15,18H,2-5,8-9,11-14,16H2,1H3/p+1. The molecular weight excluding hydrogens is 398 g/mol. The summed E-state index contributed by atoms with van der Waals surface area (Å²) < 4.78 is 27.1. The molecule has 1 aromatic carbocycles. The van der Waals surface area contributed by atoms with E-state index in [0.29, 0.717) is 43.8 Å². The van der Waals surface area contributed by atoms with Crippen LogP contribution < -0.4 is 4.90 Å². The Kier molecular flexibility index (Phi) is 7.36. The highest BCUT2D eigenvalue weighted by molar-refractivity contribution is 7.89. The van der Waals surface area contributed by atoms with E-state index in [1.54, 1.807) is 18.2 Å². The molecule has 0 radical (unpaired) electrons. The summed E-state index contributed by atoms with van der Waals surface area (Å²) in [6.45, 7) is 5.40. The molecule has 8 heteroatoms. The van der Waals surface area contributed by atoms with Gasteiger partial charge in [0.2, 0.25) is 10.0 Å². The van der Waals surface area contributed by atoms with Crippen LogP contribution in [0.2, 0.25) is 5.02 Å². The maximum absolute atomic E-state index is 12.8. The van der Waals surface area contributed by atoms with Crippen molar-refractivity contribution in [2.75, 3.05) is 39.3 Å². The van der Waals surface area contributed by atoms with Gasteiger partial charge in [-0.2, -0.15) is 4.31 Å². The number of nitrogens with one attached hydrogen (secondary N) is 1. The maximum atomic E-state index is 12.8. The molecule has 28 heavy (non-hydrogen) atoms. The highest BCUT2D eigenvalue weighted by atomic mass is 35.5. The molecule has 6 nitrogen and oxygen atoms in total. The van der Waals surface area contributed by atoms with Gasteiger partial charge in [0.1, 0.15) is 0 Å². The highest BCUT2D eigenvalue weighted by Crippen LogP contribution is 2.22. The Balaban J connectivity index is 1.55. The van der Waals surface area contributed by atoms with Crippen LogP contribution in [0.5, 0.6) is 0 Å². The second-order valence-electron chi connectivity index (χ2n) is 7.76. The van der Waals surface area contributed by atoms with Crippen molar-refractivity contribution >= 4 is 27.5 Å². The zero-order chi connectivity index (χ0) is 20.1. The minimum absolute atomic E-state index is 0.204. The molecule has 0 aromatic heterocycles.